The molecule has 0 atom stereocenters. The van der Waals surface area contributed by atoms with Gasteiger partial charge >= 0.3 is 0 Å². The number of carbonyl (C=O) groups excluding carboxylic acids is 2. The Balaban J connectivity index is 1.49. The van der Waals surface area contributed by atoms with E-state index in [4.69, 9.17) is 12.2 Å². The molecule has 2 fully saturated rings. The van der Waals surface area contributed by atoms with Crippen LogP contribution >= 0.6 is 12.2 Å². The number of rotatable bonds is 5. The van der Waals surface area contributed by atoms with Crippen molar-refractivity contribution in [3.63, 3.8) is 0 Å². The van der Waals surface area contributed by atoms with Gasteiger partial charge in [-0.25, -0.2) is 0 Å². The second-order valence-electron chi connectivity index (χ2n) is 7.75. The van der Waals surface area contributed by atoms with Crippen molar-refractivity contribution in [2.24, 2.45) is 5.92 Å². The predicted molar refractivity (Wildman–Crippen MR) is 112 cm³/mol. The smallest absolute Gasteiger partial charge is 0.251 e. The van der Waals surface area contributed by atoms with Gasteiger partial charge in [0, 0.05) is 23.7 Å². The summed E-state index contributed by atoms with van der Waals surface area (Å²) in [5.41, 5.74) is 1.31. The van der Waals surface area contributed by atoms with E-state index in [0.29, 0.717) is 23.6 Å². The summed E-state index contributed by atoms with van der Waals surface area (Å²) in [4.78, 5) is 24.6. The van der Waals surface area contributed by atoms with Crippen LogP contribution in [0.2, 0.25) is 0 Å². The van der Waals surface area contributed by atoms with Crippen molar-refractivity contribution in [3.8, 4) is 0 Å². The number of carbonyl (C=O) groups is 2. The van der Waals surface area contributed by atoms with E-state index < -0.39 is 0 Å². The normalized spacial score (nSPS) is 18.1. The second kappa shape index (κ2) is 9.83. The highest BCUT2D eigenvalue weighted by atomic mass is 32.1. The van der Waals surface area contributed by atoms with Crippen molar-refractivity contribution < 1.29 is 9.59 Å². The molecule has 146 valence electrons. The van der Waals surface area contributed by atoms with Gasteiger partial charge in [-0.05, 0) is 62.0 Å². The molecule has 0 aliphatic heterocycles. The number of anilines is 1. The number of hydrogen-bond donors (Lipinski definition) is 3. The number of benzene rings is 1. The van der Waals surface area contributed by atoms with E-state index in [1.165, 1.54) is 32.1 Å². The lowest BCUT2D eigenvalue weighted by atomic mass is 9.95. The molecule has 0 aromatic heterocycles. The van der Waals surface area contributed by atoms with Crippen molar-refractivity contribution in [1.82, 2.24) is 10.6 Å². The maximum atomic E-state index is 12.5. The first-order valence-corrected chi connectivity index (χ1v) is 10.5. The lowest BCUT2D eigenvalue weighted by Crippen LogP contribution is -2.36. The van der Waals surface area contributed by atoms with Crippen LogP contribution < -0.4 is 16.0 Å². The van der Waals surface area contributed by atoms with Crippen LogP contribution in [0.5, 0.6) is 0 Å². The molecule has 0 heterocycles. The maximum absolute atomic E-state index is 12.5. The molecule has 0 spiro atoms. The fraction of sp³-hybridized carbons (Fsp3) is 0.571. The molecule has 2 aliphatic rings. The topological polar surface area (TPSA) is 70.2 Å². The molecular weight excluding hydrogens is 358 g/mol. The Hall–Kier alpha value is -1.95. The first-order valence-electron chi connectivity index (χ1n) is 10.1. The van der Waals surface area contributed by atoms with Gasteiger partial charge in [-0.2, -0.15) is 0 Å². The first-order chi connectivity index (χ1) is 13.1. The average Bonchev–Trinajstić information content (AvgIpc) is 3.15. The van der Waals surface area contributed by atoms with Gasteiger partial charge in [-0.15, -0.1) is 0 Å². The van der Waals surface area contributed by atoms with Gasteiger partial charge in [0.05, 0.1) is 0 Å². The summed E-state index contributed by atoms with van der Waals surface area (Å²) in [6.07, 6.45) is 11.0. The average molecular weight is 388 g/mol. The van der Waals surface area contributed by atoms with Crippen molar-refractivity contribution in [1.29, 1.82) is 0 Å². The van der Waals surface area contributed by atoms with Crippen LogP contribution in [0.3, 0.4) is 0 Å². The van der Waals surface area contributed by atoms with Gasteiger partial charge in [-0.1, -0.05) is 38.2 Å². The number of nitrogens with one attached hydrogen (secondary N) is 3. The zero-order chi connectivity index (χ0) is 19.1. The third-order valence-electron chi connectivity index (χ3n) is 5.52. The summed E-state index contributed by atoms with van der Waals surface area (Å²) < 4.78 is 0. The van der Waals surface area contributed by atoms with Crippen molar-refractivity contribution in [2.45, 2.75) is 70.3 Å². The van der Waals surface area contributed by atoms with Crippen LogP contribution in [-0.2, 0) is 4.79 Å². The number of amides is 2. The van der Waals surface area contributed by atoms with Gasteiger partial charge in [0.15, 0.2) is 5.11 Å². The van der Waals surface area contributed by atoms with Crippen LogP contribution in [0.15, 0.2) is 24.3 Å². The van der Waals surface area contributed by atoms with Gasteiger partial charge in [-0.3, -0.25) is 9.59 Å². The fourth-order valence-corrected chi connectivity index (χ4v) is 4.30. The third kappa shape index (κ3) is 6.31. The van der Waals surface area contributed by atoms with Crippen molar-refractivity contribution >= 4 is 34.8 Å². The first kappa shape index (κ1) is 19.8. The molecule has 0 saturated heterocycles. The summed E-state index contributed by atoms with van der Waals surface area (Å²) in [5, 5.41) is 9.17. The summed E-state index contributed by atoms with van der Waals surface area (Å²) in [6, 6.07) is 7.51. The van der Waals surface area contributed by atoms with E-state index in [1.807, 2.05) is 12.1 Å². The Labute approximate surface area is 166 Å². The van der Waals surface area contributed by atoms with Crippen molar-refractivity contribution in [2.75, 3.05) is 5.32 Å². The molecule has 27 heavy (non-hydrogen) atoms. The van der Waals surface area contributed by atoms with E-state index in [-0.39, 0.29) is 23.0 Å². The van der Waals surface area contributed by atoms with E-state index >= 15 is 0 Å². The SMILES string of the molecule is O=C(CC1CCCC1)NC(=S)Nc1cccc(C(=O)NC2CCCCC2)c1. The minimum absolute atomic E-state index is 0.0365. The quantitative estimate of drug-likeness (QED) is 0.664. The van der Waals surface area contributed by atoms with E-state index in [9.17, 15) is 9.59 Å². The van der Waals surface area contributed by atoms with Crippen LogP contribution in [0.25, 0.3) is 0 Å². The molecule has 1 aromatic rings. The Kier molecular flexibility index (Phi) is 7.21. The molecule has 0 unspecified atom stereocenters. The minimum atomic E-state index is -0.0539. The highest BCUT2D eigenvalue weighted by Gasteiger charge is 2.19. The molecule has 0 radical (unpaired) electrons. The molecule has 1 aromatic carbocycles. The monoisotopic (exact) mass is 387 g/mol. The van der Waals surface area contributed by atoms with Crippen LogP contribution in [-0.4, -0.2) is 23.0 Å². The summed E-state index contributed by atoms with van der Waals surface area (Å²) in [6.45, 7) is 0. The van der Waals surface area contributed by atoms with Crippen LogP contribution in [0.4, 0.5) is 5.69 Å². The predicted octanol–water partition coefficient (Wildman–Crippen LogP) is 4.14. The van der Waals surface area contributed by atoms with E-state index in [1.54, 1.807) is 12.1 Å². The molecule has 2 saturated carbocycles. The molecular formula is C21H29N3O2S. The molecule has 2 aliphatic carbocycles. The summed E-state index contributed by atoms with van der Waals surface area (Å²) in [5.74, 6) is 0.395. The van der Waals surface area contributed by atoms with Crippen molar-refractivity contribution in [3.05, 3.63) is 29.8 Å². The Bertz CT molecular complexity index is 680. The van der Waals surface area contributed by atoms with E-state index in [0.717, 1.165) is 25.7 Å². The number of hydrogen-bond acceptors (Lipinski definition) is 3. The summed E-state index contributed by atoms with van der Waals surface area (Å²) in [7, 11) is 0. The largest absolute Gasteiger partial charge is 0.349 e. The molecule has 6 heteroatoms. The zero-order valence-corrected chi connectivity index (χ0v) is 16.6. The highest BCUT2D eigenvalue weighted by Crippen LogP contribution is 2.27. The lowest BCUT2D eigenvalue weighted by Gasteiger charge is -2.22. The van der Waals surface area contributed by atoms with Crippen LogP contribution in [0, 0.1) is 5.92 Å². The Morgan fingerprint density at radius 1 is 1.00 bits per heavy atom. The summed E-state index contributed by atoms with van der Waals surface area (Å²) >= 11 is 5.25. The fourth-order valence-electron chi connectivity index (χ4n) is 4.07. The molecule has 5 nitrogen and oxygen atoms in total. The van der Waals surface area contributed by atoms with Gasteiger partial charge < -0.3 is 16.0 Å². The molecule has 2 amide bonds. The Morgan fingerprint density at radius 2 is 1.70 bits per heavy atom. The molecule has 0 bridgehead atoms. The zero-order valence-electron chi connectivity index (χ0n) is 15.8. The van der Waals surface area contributed by atoms with Gasteiger partial charge in [0.2, 0.25) is 5.91 Å². The maximum Gasteiger partial charge on any atom is 0.251 e. The third-order valence-corrected chi connectivity index (χ3v) is 5.73. The standard InChI is InChI=1S/C21H29N3O2S/c25-19(13-15-7-4-5-8-15)24-21(27)23-18-12-6-9-16(14-18)20(26)22-17-10-2-1-3-11-17/h6,9,12,14-15,17H,1-5,7-8,10-11,13H2,(H,22,26)(H2,23,24,25,27). The molecule has 3 N–H and O–H groups in total. The van der Waals surface area contributed by atoms with Gasteiger partial charge in [0.25, 0.3) is 5.91 Å². The van der Waals surface area contributed by atoms with Gasteiger partial charge in [0.1, 0.15) is 0 Å². The molecule has 3 rings (SSSR count). The lowest BCUT2D eigenvalue weighted by molar-refractivity contribution is -0.120. The number of thiocarbonyl (C=S) groups is 1. The second-order valence-corrected chi connectivity index (χ2v) is 8.15. The van der Waals surface area contributed by atoms with Crippen LogP contribution in [0.1, 0.15) is 74.6 Å². The minimum Gasteiger partial charge on any atom is -0.349 e. The Morgan fingerprint density at radius 3 is 2.44 bits per heavy atom. The highest BCUT2D eigenvalue weighted by molar-refractivity contribution is 7.80. The van der Waals surface area contributed by atoms with E-state index in [2.05, 4.69) is 16.0 Å².